The lowest BCUT2D eigenvalue weighted by Crippen LogP contribution is -2.44. The fourth-order valence-corrected chi connectivity index (χ4v) is 4.08. The zero-order valence-electron chi connectivity index (χ0n) is 16.0. The minimum Gasteiger partial charge on any atom is -0.444 e. The van der Waals surface area contributed by atoms with Gasteiger partial charge in [-0.2, -0.15) is 0 Å². The Morgan fingerprint density at radius 3 is 2.89 bits per heavy atom. The molecule has 1 aromatic heterocycles. The van der Waals surface area contributed by atoms with Crippen LogP contribution >= 0.6 is 11.3 Å². The number of fused-ring (bicyclic) bond motifs is 1. The quantitative estimate of drug-likeness (QED) is 0.576. The summed E-state index contributed by atoms with van der Waals surface area (Å²) in [5.41, 5.74) is 0.137. The molecule has 0 unspecified atom stereocenters. The molecule has 1 amide bonds. The van der Waals surface area contributed by atoms with E-state index in [1.165, 1.54) is 23.5 Å². The molecule has 1 saturated heterocycles. The lowest BCUT2D eigenvalue weighted by molar-refractivity contribution is -0.384. The Balaban J connectivity index is 1.72. The van der Waals surface area contributed by atoms with E-state index in [2.05, 4.69) is 4.98 Å². The van der Waals surface area contributed by atoms with Gasteiger partial charge in [-0.3, -0.25) is 10.1 Å². The molecule has 0 aliphatic carbocycles. The number of non-ortho nitro benzene ring substituents is 1. The third-order valence-corrected chi connectivity index (χ3v) is 5.54. The van der Waals surface area contributed by atoms with Crippen LogP contribution in [-0.4, -0.2) is 52.7 Å². The van der Waals surface area contributed by atoms with Crippen molar-refractivity contribution in [1.29, 1.82) is 0 Å². The fraction of sp³-hybridized carbons (Fsp3) is 0.556. The Labute approximate surface area is 161 Å². The molecule has 1 atom stereocenters. The molecule has 2 aromatic rings. The Bertz CT molecular complexity index is 861. The smallest absolute Gasteiger partial charge is 0.410 e. The first kappa shape index (κ1) is 19.3. The van der Waals surface area contributed by atoms with Gasteiger partial charge in [-0.15, -0.1) is 0 Å². The first-order valence-electron chi connectivity index (χ1n) is 8.90. The van der Waals surface area contributed by atoms with Gasteiger partial charge in [-0.05, 0) is 39.7 Å². The molecule has 0 N–H and O–H groups in total. The Hall–Kier alpha value is -2.42. The van der Waals surface area contributed by atoms with Crippen molar-refractivity contribution in [2.45, 2.75) is 45.3 Å². The van der Waals surface area contributed by atoms with Crippen LogP contribution in [0.15, 0.2) is 18.2 Å². The number of hydrogen-bond donors (Lipinski definition) is 0. The van der Waals surface area contributed by atoms with Crippen LogP contribution in [0.2, 0.25) is 0 Å². The average molecular weight is 392 g/mol. The first-order chi connectivity index (χ1) is 12.6. The number of hydrogen-bond acceptors (Lipinski definition) is 7. The van der Waals surface area contributed by atoms with Crippen molar-refractivity contribution in [2.24, 2.45) is 0 Å². The third-order valence-electron chi connectivity index (χ3n) is 4.39. The summed E-state index contributed by atoms with van der Waals surface area (Å²) in [6.45, 7) is 6.92. The molecule has 0 saturated carbocycles. The molecule has 3 rings (SSSR count). The van der Waals surface area contributed by atoms with E-state index in [1.54, 1.807) is 11.0 Å². The summed E-state index contributed by atoms with van der Waals surface area (Å²) >= 11 is 1.49. The lowest BCUT2D eigenvalue weighted by Gasteiger charge is -2.30. The van der Waals surface area contributed by atoms with Gasteiger partial charge in [0.2, 0.25) is 0 Å². The molecule has 0 bridgehead atoms. The van der Waals surface area contributed by atoms with Gasteiger partial charge in [0.1, 0.15) is 5.60 Å². The Kier molecular flexibility index (Phi) is 5.23. The van der Waals surface area contributed by atoms with Crippen molar-refractivity contribution in [3.8, 4) is 0 Å². The van der Waals surface area contributed by atoms with Crippen molar-refractivity contribution < 1.29 is 14.5 Å². The molecule has 1 aromatic carbocycles. The predicted molar refractivity (Wildman–Crippen MR) is 106 cm³/mol. The molecule has 9 heteroatoms. The lowest BCUT2D eigenvalue weighted by atomic mass is 10.2. The Morgan fingerprint density at radius 2 is 2.22 bits per heavy atom. The van der Waals surface area contributed by atoms with Gasteiger partial charge in [-0.25, -0.2) is 9.78 Å². The van der Waals surface area contributed by atoms with Gasteiger partial charge < -0.3 is 14.5 Å². The molecular formula is C18H24N4O4S. The molecule has 8 nitrogen and oxygen atoms in total. The van der Waals surface area contributed by atoms with Crippen molar-refractivity contribution in [1.82, 2.24) is 9.88 Å². The molecule has 0 spiro atoms. The van der Waals surface area contributed by atoms with E-state index in [-0.39, 0.29) is 17.8 Å². The predicted octanol–water partition coefficient (Wildman–Crippen LogP) is 4.04. The number of carbonyl (C=O) groups is 1. The van der Waals surface area contributed by atoms with Gasteiger partial charge in [0, 0.05) is 32.3 Å². The van der Waals surface area contributed by atoms with Gasteiger partial charge in [-0.1, -0.05) is 11.3 Å². The summed E-state index contributed by atoms with van der Waals surface area (Å²) in [5.74, 6) is 0. The number of benzene rings is 1. The zero-order valence-corrected chi connectivity index (χ0v) is 16.8. The molecule has 1 aliphatic heterocycles. The van der Waals surface area contributed by atoms with Gasteiger partial charge in [0.05, 0.1) is 21.2 Å². The maximum atomic E-state index is 12.4. The zero-order chi connectivity index (χ0) is 19.8. The molecule has 2 heterocycles. The van der Waals surface area contributed by atoms with E-state index in [9.17, 15) is 14.9 Å². The minimum absolute atomic E-state index is 0.0360. The Morgan fingerprint density at radius 1 is 1.48 bits per heavy atom. The summed E-state index contributed by atoms with van der Waals surface area (Å²) in [4.78, 5) is 31.3. The molecular weight excluding hydrogens is 368 g/mol. The number of nitro benzene ring substituents is 1. The summed E-state index contributed by atoms with van der Waals surface area (Å²) < 4.78 is 6.42. The maximum absolute atomic E-state index is 12.4. The van der Waals surface area contributed by atoms with Crippen LogP contribution in [0, 0.1) is 10.1 Å². The molecule has 1 aliphatic rings. The van der Waals surface area contributed by atoms with Crippen molar-refractivity contribution in [3.05, 3.63) is 28.3 Å². The van der Waals surface area contributed by atoms with Crippen molar-refractivity contribution in [2.75, 3.05) is 25.0 Å². The number of likely N-dealkylation sites (tertiary alicyclic amines) is 1. The second-order valence-electron chi connectivity index (χ2n) is 7.76. The number of carbonyl (C=O) groups excluding carboxylic acids is 1. The van der Waals surface area contributed by atoms with Crippen LogP contribution in [0.1, 0.15) is 33.6 Å². The third kappa shape index (κ3) is 4.47. The normalized spacial score (nSPS) is 17.3. The number of nitro groups is 1. The van der Waals surface area contributed by atoms with Crippen LogP contribution in [-0.2, 0) is 4.74 Å². The van der Waals surface area contributed by atoms with Gasteiger partial charge in [0.25, 0.3) is 5.69 Å². The highest BCUT2D eigenvalue weighted by Crippen LogP contribution is 2.31. The van der Waals surface area contributed by atoms with E-state index in [0.717, 1.165) is 22.7 Å². The highest BCUT2D eigenvalue weighted by Gasteiger charge is 2.33. The number of amides is 1. The topological polar surface area (TPSA) is 88.8 Å². The minimum atomic E-state index is -0.516. The van der Waals surface area contributed by atoms with E-state index in [0.29, 0.717) is 18.6 Å². The van der Waals surface area contributed by atoms with Gasteiger partial charge >= 0.3 is 6.09 Å². The molecule has 27 heavy (non-hydrogen) atoms. The summed E-state index contributed by atoms with van der Waals surface area (Å²) in [7, 11) is 1.93. The van der Waals surface area contributed by atoms with E-state index in [1.807, 2.05) is 32.7 Å². The summed E-state index contributed by atoms with van der Waals surface area (Å²) in [6.07, 6.45) is 1.59. The van der Waals surface area contributed by atoms with Gasteiger partial charge in [0.15, 0.2) is 5.13 Å². The van der Waals surface area contributed by atoms with Crippen LogP contribution in [0.3, 0.4) is 0 Å². The van der Waals surface area contributed by atoms with E-state index >= 15 is 0 Å². The largest absolute Gasteiger partial charge is 0.444 e. The number of likely N-dealkylation sites (N-methyl/N-ethyl adjacent to an activating group) is 1. The van der Waals surface area contributed by atoms with E-state index < -0.39 is 10.5 Å². The molecule has 0 radical (unpaired) electrons. The number of ether oxygens (including phenoxy) is 1. The fourth-order valence-electron chi connectivity index (χ4n) is 3.16. The van der Waals surface area contributed by atoms with E-state index in [4.69, 9.17) is 4.74 Å². The number of anilines is 1. The highest BCUT2D eigenvalue weighted by molar-refractivity contribution is 7.22. The second-order valence-corrected chi connectivity index (χ2v) is 8.76. The van der Waals surface area contributed by atoms with Crippen LogP contribution in [0.25, 0.3) is 10.2 Å². The standard InChI is InChI=1S/C18H24N4O4S/c1-18(2,3)26-17(23)21-9-5-6-13(21)11-20(4)16-19-14-10-12(22(24)25)7-8-15(14)27-16/h7-8,10,13H,5-6,9,11H2,1-4H3/t13-/m0/s1. The second kappa shape index (κ2) is 7.30. The van der Waals surface area contributed by atoms with Crippen molar-refractivity contribution >= 4 is 38.5 Å². The van der Waals surface area contributed by atoms with Crippen LogP contribution in [0.4, 0.5) is 15.6 Å². The summed E-state index contributed by atoms with van der Waals surface area (Å²) in [6, 6.07) is 4.77. The highest BCUT2D eigenvalue weighted by atomic mass is 32.1. The SMILES string of the molecule is CN(C[C@@H]1CCCN1C(=O)OC(C)(C)C)c1nc2cc([N+](=O)[O-])ccc2s1. The monoisotopic (exact) mass is 392 g/mol. The van der Waals surface area contributed by atoms with Crippen LogP contribution in [0.5, 0.6) is 0 Å². The summed E-state index contributed by atoms with van der Waals surface area (Å²) in [5, 5.41) is 11.7. The first-order valence-corrected chi connectivity index (χ1v) is 9.71. The number of thiazole rings is 1. The average Bonchev–Trinajstić information content (AvgIpc) is 3.18. The maximum Gasteiger partial charge on any atom is 0.410 e. The molecule has 146 valence electrons. The number of aromatic nitrogens is 1. The molecule has 1 fully saturated rings. The van der Waals surface area contributed by atoms with Crippen LogP contribution < -0.4 is 4.90 Å². The number of rotatable bonds is 4. The number of nitrogens with zero attached hydrogens (tertiary/aromatic N) is 4. The van der Waals surface area contributed by atoms with Crippen molar-refractivity contribution in [3.63, 3.8) is 0 Å².